The molecular weight excluding hydrogens is 377 g/mol. The van der Waals surface area contributed by atoms with E-state index in [1.807, 2.05) is 29.2 Å². The number of piperidine rings is 1. The van der Waals surface area contributed by atoms with E-state index in [2.05, 4.69) is 22.1 Å². The monoisotopic (exact) mass is 403 g/mol. The number of likely N-dealkylation sites (tertiary alicyclic amines) is 1. The zero-order valence-corrected chi connectivity index (χ0v) is 17.0. The summed E-state index contributed by atoms with van der Waals surface area (Å²) in [5.74, 6) is 0.0265. The summed E-state index contributed by atoms with van der Waals surface area (Å²) < 4.78 is 13.7. The first-order chi connectivity index (χ1) is 14.7. The zero-order chi connectivity index (χ0) is 20.8. The van der Waals surface area contributed by atoms with Crippen LogP contribution in [0, 0.1) is 5.82 Å². The highest BCUT2D eigenvalue weighted by atomic mass is 19.1. The Labute approximate surface area is 176 Å². The van der Waals surface area contributed by atoms with Crippen LogP contribution in [0.2, 0.25) is 0 Å². The fourth-order valence-electron chi connectivity index (χ4n) is 4.18. The number of hydrogen-bond acceptors (Lipinski definition) is 3. The van der Waals surface area contributed by atoms with Crippen molar-refractivity contribution in [3.05, 3.63) is 84.1 Å². The number of aromatic nitrogens is 2. The van der Waals surface area contributed by atoms with Crippen molar-refractivity contribution in [1.82, 2.24) is 14.9 Å². The molecule has 4 nitrogen and oxygen atoms in total. The molecular formula is C25H26FN3O. The van der Waals surface area contributed by atoms with Gasteiger partial charge in [0.1, 0.15) is 5.82 Å². The lowest BCUT2D eigenvalue weighted by molar-refractivity contribution is -0.132. The standard InChI is InChI=1S/C25H26FN3O/c26-22-12-5-10-20(17-22)24-25(28-15-14-27-24)21-11-6-16-29(18-21)23(30)13-4-9-19-7-2-1-3-8-19/h1-3,5,7-8,10,12,14-15,17,21H,4,6,9,11,13,16,18H2. The summed E-state index contributed by atoms with van der Waals surface area (Å²) in [7, 11) is 0. The topological polar surface area (TPSA) is 46.1 Å². The molecule has 1 fully saturated rings. The molecule has 0 aliphatic carbocycles. The molecule has 0 bridgehead atoms. The van der Waals surface area contributed by atoms with Crippen molar-refractivity contribution in [2.45, 2.75) is 38.0 Å². The second kappa shape index (κ2) is 9.61. The van der Waals surface area contributed by atoms with E-state index >= 15 is 0 Å². The van der Waals surface area contributed by atoms with Gasteiger partial charge in [0.15, 0.2) is 0 Å². The van der Waals surface area contributed by atoms with Gasteiger partial charge in [-0.05, 0) is 43.4 Å². The van der Waals surface area contributed by atoms with Gasteiger partial charge in [0.2, 0.25) is 5.91 Å². The lowest BCUT2D eigenvalue weighted by Gasteiger charge is -2.33. The molecule has 1 aliphatic rings. The third-order valence-electron chi connectivity index (χ3n) is 5.68. The Morgan fingerprint density at radius 3 is 2.73 bits per heavy atom. The third kappa shape index (κ3) is 4.90. The predicted molar refractivity (Wildman–Crippen MR) is 115 cm³/mol. The molecule has 1 unspecified atom stereocenters. The molecule has 0 radical (unpaired) electrons. The number of benzene rings is 2. The molecule has 0 saturated carbocycles. The summed E-state index contributed by atoms with van der Waals surface area (Å²) in [5, 5.41) is 0. The minimum absolute atomic E-state index is 0.115. The maximum absolute atomic E-state index is 13.7. The van der Waals surface area contributed by atoms with Crippen molar-refractivity contribution in [2.75, 3.05) is 13.1 Å². The Bertz CT molecular complexity index is 992. The number of aryl methyl sites for hydroxylation is 1. The first-order valence-corrected chi connectivity index (χ1v) is 10.6. The van der Waals surface area contributed by atoms with Crippen LogP contribution in [0.3, 0.4) is 0 Å². The average Bonchev–Trinajstić information content (AvgIpc) is 2.80. The number of rotatable bonds is 6. The van der Waals surface area contributed by atoms with Crippen LogP contribution in [0.1, 0.15) is 42.9 Å². The van der Waals surface area contributed by atoms with E-state index in [0.29, 0.717) is 18.7 Å². The van der Waals surface area contributed by atoms with E-state index in [-0.39, 0.29) is 17.6 Å². The molecule has 1 saturated heterocycles. The molecule has 4 rings (SSSR count). The normalized spacial score (nSPS) is 16.4. The summed E-state index contributed by atoms with van der Waals surface area (Å²) in [4.78, 5) is 23.8. The van der Waals surface area contributed by atoms with Crippen LogP contribution in [0.15, 0.2) is 67.0 Å². The average molecular weight is 404 g/mol. The largest absolute Gasteiger partial charge is 0.342 e. The quantitative estimate of drug-likeness (QED) is 0.581. The minimum atomic E-state index is -0.289. The fourth-order valence-corrected chi connectivity index (χ4v) is 4.18. The number of halogens is 1. The Balaban J connectivity index is 1.42. The first kappa shape index (κ1) is 20.2. The zero-order valence-electron chi connectivity index (χ0n) is 17.0. The Hall–Kier alpha value is -3.08. The number of hydrogen-bond donors (Lipinski definition) is 0. The first-order valence-electron chi connectivity index (χ1n) is 10.6. The van der Waals surface area contributed by atoms with Gasteiger partial charge in [-0.2, -0.15) is 0 Å². The lowest BCUT2D eigenvalue weighted by Crippen LogP contribution is -2.39. The van der Waals surface area contributed by atoms with Gasteiger partial charge in [-0.25, -0.2) is 4.39 Å². The Morgan fingerprint density at radius 2 is 1.90 bits per heavy atom. The van der Waals surface area contributed by atoms with Crippen molar-refractivity contribution < 1.29 is 9.18 Å². The van der Waals surface area contributed by atoms with Crippen LogP contribution < -0.4 is 0 Å². The molecule has 2 aromatic carbocycles. The summed E-state index contributed by atoms with van der Waals surface area (Å²) in [6, 6.07) is 16.7. The summed E-state index contributed by atoms with van der Waals surface area (Å²) >= 11 is 0. The molecule has 1 atom stereocenters. The Morgan fingerprint density at radius 1 is 1.07 bits per heavy atom. The predicted octanol–water partition coefficient (Wildman–Crippen LogP) is 5.01. The highest BCUT2D eigenvalue weighted by Gasteiger charge is 2.27. The van der Waals surface area contributed by atoms with E-state index < -0.39 is 0 Å². The number of nitrogens with zero attached hydrogens (tertiary/aromatic N) is 3. The summed E-state index contributed by atoms with van der Waals surface area (Å²) in [6.45, 7) is 1.43. The van der Waals surface area contributed by atoms with Crippen LogP contribution in [-0.4, -0.2) is 33.9 Å². The maximum atomic E-state index is 13.7. The molecule has 154 valence electrons. The van der Waals surface area contributed by atoms with Crippen molar-refractivity contribution in [1.29, 1.82) is 0 Å². The summed E-state index contributed by atoms with van der Waals surface area (Å²) in [6.07, 6.45) is 7.53. The minimum Gasteiger partial charge on any atom is -0.342 e. The van der Waals surface area contributed by atoms with Crippen LogP contribution >= 0.6 is 0 Å². The van der Waals surface area contributed by atoms with Crippen molar-refractivity contribution in [3.8, 4) is 11.3 Å². The van der Waals surface area contributed by atoms with Gasteiger partial charge in [-0.1, -0.05) is 42.5 Å². The van der Waals surface area contributed by atoms with Crippen molar-refractivity contribution in [3.63, 3.8) is 0 Å². The molecule has 0 spiro atoms. The fraction of sp³-hybridized carbons (Fsp3) is 0.320. The van der Waals surface area contributed by atoms with Gasteiger partial charge in [-0.3, -0.25) is 14.8 Å². The second-order valence-electron chi connectivity index (χ2n) is 7.82. The van der Waals surface area contributed by atoms with Gasteiger partial charge < -0.3 is 4.90 Å². The van der Waals surface area contributed by atoms with Crippen LogP contribution in [-0.2, 0) is 11.2 Å². The van der Waals surface area contributed by atoms with E-state index in [1.165, 1.54) is 17.7 Å². The molecule has 0 N–H and O–H groups in total. The van der Waals surface area contributed by atoms with Gasteiger partial charge in [0.05, 0.1) is 11.4 Å². The van der Waals surface area contributed by atoms with E-state index in [0.717, 1.165) is 43.5 Å². The number of carbonyl (C=O) groups excluding carboxylic acids is 1. The summed E-state index contributed by atoms with van der Waals surface area (Å²) in [5.41, 5.74) is 3.55. The van der Waals surface area contributed by atoms with Crippen molar-refractivity contribution in [2.24, 2.45) is 0 Å². The van der Waals surface area contributed by atoms with Gasteiger partial charge in [-0.15, -0.1) is 0 Å². The molecule has 1 aliphatic heterocycles. The van der Waals surface area contributed by atoms with E-state index in [1.54, 1.807) is 18.5 Å². The smallest absolute Gasteiger partial charge is 0.222 e. The highest BCUT2D eigenvalue weighted by Crippen LogP contribution is 2.32. The third-order valence-corrected chi connectivity index (χ3v) is 5.68. The number of carbonyl (C=O) groups is 1. The molecule has 2 heterocycles. The Kier molecular flexibility index (Phi) is 6.47. The molecule has 5 heteroatoms. The van der Waals surface area contributed by atoms with E-state index in [4.69, 9.17) is 0 Å². The van der Waals surface area contributed by atoms with E-state index in [9.17, 15) is 9.18 Å². The second-order valence-corrected chi connectivity index (χ2v) is 7.82. The SMILES string of the molecule is O=C(CCCc1ccccc1)N1CCCC(c2nccnc2-c2cccc(F)c2)C1. The van der Waals surface area contributed by atoms with Crippen LogP contribution in [0.25, 0.3) is 11.3 Å². The maximum Gasteiger partial charge on any atom is 0.222 e. The number of amides is 1. The molecule has 1 aromatic heterocycles. The van der Waals surface area contributed by atoms with Crippen LogP contribution in [0.4, 0.5) is 4.39 Å². The molecule has 30 heavy (non-hydrogen) atoms. The van der Waals surface area contributed by atoms with Gasteiger partial charge >= 0.3 is 0 Å². The lowest BCUT2D eigenvalue weighted by atomic mass is 9.91. The van der Waals surface area contributed by atoms with Crippen LogP contribution in [0.5, 0.6) is 0 Å². The van der Waals surface area contributed by atoms with Crippen molar-refractivity contribution >= 4 is 5.91 Å². The van der Waals surface area contributed by atoms with Gasteiger partial charge in [0.25, 0.3) is 0 Å². The highest BCUT2D eigenvalue weighted by molar-refractivity contribution is 5.76. The molecule has 1 amide bonds. The van der Waals surface area contributed by atoms with Gasteiger partial charge in [0, 0.05) is 43.4 Å². The molecule has 3 aromatic rings.